The number of sulfonamides is 1. The molecule has 0 radical (unpaired) electrons. The highest BCUT2D eigenvalue weighted by Crippen LogP contribution is 2.51. The van der Waals surface area contributed by atoms with Crippen molar-refractivity contribution in [1.29, 1.82) is 0 Å². The number of nitrogens with zero attached hydrogens (tertiary/aromatic N) is 2. The number of methoxy groups -OCH3 is 1. The molecule has 2 aliphatic rings. The Morgan fingerprint density at radius 1 is 1.00 bits per heavy atom. The van der Waals surface area contributed by atoms with Crippen molar-refractivity contribution in [1.82, 2.24) is 14.6 Å². The maximum atomic E-state index is 13.5. The molecule has 1 aromatic heterocycles. The van der Waals surface area contributed by atoms with E-state index in [1.807, 2.05) is 83.8 Å². The Morgan fingerprint density at radius 3 is 2.42 bits per heavy atom. The molecule has 2 fully saturated rings. The predicted molar refractivity (Wildman–Crippen MR) is 209 cm³/mol. The number of carbonyl (C=O) groups excluding carboxylic acids is 2. The van der Waals surface area contributed by atoms with Crippen molar-refractivity contribution < 1.29 is 27.5 Å². The molecule has 0 aliphatic carbocycles. The normalized spacial score (nSPS) is 19.0. The number of thioether (sulfide) groups is 1. The van der Waals surface area contributed by atoms with Crippen LogP contribution in [0.2, 0.25) is 0 Å². The van der Waals surface area contributed by atoms with Gasteiger partial charge in [-0.3, -0.25) is 9.59 Å². The lowest BCUT2D eigenvalue weighted by molar-refractivity contribution is -0.114. The fourth-order valence-corrected chi connectivity index (χ4v) is 9.56. The predicted octanol–water partition coefficient (Wildman–Crippen LogP) is 8.43. The van der Waals surface area contributed by atoms with E-state index in [-0.39, 0.29) is 45.7 Å². The topological polar surface area (TPSA) is 127 Å². The molecular formula is C41H40N4O6S2. The summed E-state index contributed by atoms with van der Waals surface area (Å²) in [4.78, 5) is 32.0. The number of hydrogen-bond donors (Lipinski definition) is 2. The van der Waals surface area contributed by atoms with Gasteiger partial charge in [0, 0.05) is 42.7 Å². The number of ether oxygens (including phenoxy) is 2. The third-order valence-electron chi connectivity index (χ3n) is 9.88. The molecular weight excluding hydrogens is 709 g/mol. The largest absolute Gasteiger partial charge is 0.497 e. The molecule has 7 rings (SSSR count). The summed E-state index contributed by atoms with van der Waals surface area (Å²) in [6.07, 6.45) is 3.23. The van der Waals surface area contributed by atoms with Gasteiger partial charge in [0.1, 0.15) is 17.2 Å². The quantitative estimate of drug-likeness (QED) is 0.122. The minimum atomic E-state index is -3.82. The molecule has 10 nitrogen and oxygen atoms in total. The molecule has 3 heterocycles. The molecule has 4 aromatic carbocycles. The van der Waals surface area contributed by atoms with Crippen LogP contribution in [0.25, 0.3) is 22.2 Å². The summed E-state index contributed by atoms with van der Waals surface area (Å²) in [5.41, 5.74) is 4.01. The van der Waals surface area contributed by atoms with Crippen LogP contribution in [0.5, 0.6) is 17.2 Å². The number of rotatable bonds is 12. The summed E-state index contributed by atoms with van der Waals surface area (Å²) in [5, 5.41) is 3.42. The first-order chi connectivity index (χ1) is 25.6. The van der Waals surface area contributed by atoms with Crippen LogP contribution in [-0.2, 0) is 14.8 Å². The van der Waals surface area contributed by atoms with Crippen LogP contribution < -0.4 is 19.5 Å². The van der Waals surface area contributed by atoms with E-state index in [0.29, 0.717) is 30.2 Å². The van der Waals surface area contributed by atoms with Crippen LogP contribution in [0.4, 0.5) is 10.5 Å². The van der Waals surface area contributed by atoms with Crippen molar-refractivity contribution in [3.8, 4) is 28.5 Å². The van der Waals surface area contributed by atoms with Gasteiger partial charge >= 0.3 is 0 Å². The second-order valence-electron chi connectivity index (χ2n) is 13.2. The molecule has 2 saturated heterocycles. The van der Waals surface area contributed by atoms with E-state index in [9.17, 15) is 18.0 Å². The Kier molecular flexibility index (Phi) is 10.5. The smallest absolute Gasteiger partial charge is 0.282 e. The number of para-hydroxylation sites is 1. The van der Waals surface area contributed by atoms with Crippen molar-refractivity contribution in [2.45, 2.75) is 36.0 Å². The lowest BCUT2D eigenvalue weighted by Crippen LogP contribution is -2.44. The fraction of sp³-hybridized carbons (Fsp3) is 0.244. The van der Waals surface area contributed by atoms with Crippen LogP contribution in [0.3, 0.4) is 0 Å². The second-order valence-corrected chi connectivity index (χ2v) is 16.1. The van der Waals surface area contributed by atoms with E-state index in [0.717, 1.165) is 39.9 Å². The van der Waals surface area contributed by atoms with Gasteiger partial charge in [-0.25, -0.2) is 18.1 Å². The molecule has 0 spiro atoms. The van der Waals surface area contributed by atoms with E-state index < -0.39 is 10.0 Å². The van der Waals surface area contributed by atoms with Gasteiger partial charge < -0.3 is 19.7 Å². The minimum Gasteiger partial charge on any atom is -0.497 e. The van der Waals surface area contributed by atoms with Crippen molar-refractivity contribution in [3.05, 3.63) is 121 Å². The van der Waals surface area contributed by atoms with Gasteiger partial charge in [0.15, 0.2) is 0 Å². The Labute approximate surface area is 313 Å². The molecule has 12 heteroatoms. The van der Waals surface area contributed by atoms with E-state index in [4.69, 9.17) is 14.5 Å². The summed E-state index contributed by atoms with van der Waals surface area (Å²) in [6, 6.07) is 31.3. The third kappa shape index (κ3) is 7.95. The first kappa shape index (κ1) is 36.2. The average Bonchev–Trinajstić information content (AvgIpc) is 3.50. The number of fused-ring (bicyclic) bond motifs is 2. The van der Waals surface area contributed by atoms with Gasteiger partial charge in [-0.2, -0.15) is 0 Å². The highest BCUT2D eigenvalue weighted by atomic mass is 32.2. The molecule has 5 aromatic rings. The molecule has 2 aliphatic heterocycles. The van der Waals surface area contributed by atoms with Crippen molar-refractivity contribution in [2.24, 2.45) is 11.8 Å². The number of benzene rings is 4. The van der Waals surface area contributed by atoms with E-state index >= 15 is 0 Å². The van der Waals surface area contributed by atoms with Gasteiger partial charge in [-0.1, -0.05) is 36.0 Å². The summed E-state index contributed by atoms with van der Waals surface area (Å²) in [5.74, 6) is 1.86. The van der Waals surface area contributed by atoms with Gasteiger partial charge in [0.25, 0.3) is 5.24 Å². The summed E-state index contributed by atoms with van der Waals surface area (Å²) in [7, 11) is -2.18. The van der Waals surface area contributed by atoms with Gasteiger partial charge in [0.05, 0.1) is 28.5 Å². The number of piperidine rings is 1. The number of hydrogen-bond acceptors (Lipinski definition) is 8. The van der Waals surface area contributed by atoms with Gasteiger partial charge in [-0.05, 0) is 115 Å². The van der Waals surface area contributed by atoms with Crippen LogP contribution >= 0.6 is 11.8 Å². The van der Waals surface area contributed by atoms with Gasteiger partial charge in [0.2, 0.25) is 15.9 Å². The standard InChI is InChI=1S/C41H40N4O6S2/c1-4-27(25-42-53(48,49)34-17-12-30(13-18-34)43-26(2)46)29-20-21-45-39(22-29)40(52-41(45)47)36-24-38(44-37-19-16-33(50-3)23-35(36)37)28-10-14-32(15-11-28)51-31-8-6-5-7-9-31/h4-19,23-24,27,29,39-40,42H,1,20-22,25H2,2-3H3,(H,43,46)/t27-,29-,39-,40-/m0/s1. The number of aromatic nitrogens is 1. The first-order valence-corrected chi connectivity index (χ1v) is 19.8. The van der Waals surface area contributed by atoms with Crippen LogP contribution in [0.15, 0.2) is 121 Å². The van der Waals surface area contributed by atoms with Crippen LogP contribution in [0.1, 0.15) is 30.6 Å². The van der Waals surface area contributed by atoms with E-state index in [1.165, 1.54) is 30.8 Å². The highest BCUT2D eigenvalue weighted by molar-refractivity contribution is 8.14. The lowest BCUT2D eigenvalue weighted by atomic mass is 9.79. The number of carbonyl (C=O) groups is 2. The minimum absolute atomic E-state index is 0.0360. The van der Waals surface area contributed by atoms with Crippen LogP contribution in [0, 0.1) is 11.8 Å². The summed E-state index contributed by atoms with van der Waals surface area (Å²) >= 11 is 1.34. The number of nitrogens with one attached hydrogen (secondary N) is 2. The second kappa shape index (κ2) is 15.4. The number of pyridine rings is 1. The van der Waals surface area contributed by atoms with Crippen LogP contribution in [-0.4, -0.2) is 55.7 Å². The molecule has 0 unspecified atom stereocenters. The fourth-order valence-electron chi connectivity index (χ4n) is 7.17. The Bertz CT molecular complexity index is 2250. The SMILES string of the molecule is C=C[C@@H](CNS(=O)(=O)c1ccc(NC(C)=O)cc1)[C@H]1CCN2C(=O)S[C@@H](c3cc(-c4ccc(Oc5ccccc5)cc4)nc4ccc(OC)cc34)[C@@H]2C1. The lowest BCUT2D eigenvalue weighted by Gasteiger charge is -2.39. The van der Waals surface area contributed by atoms with Crippen molar-refractivity contribution in [3.63, 3.8) is 0 Å². The molecule has 4 atom stereocenters. The van der Waals surface area contributed by atoms with E-state index in [1.54, 1.807) is 19.2 Å². The maximum absolute atomic E-state index is 13.5. The first-order valence-electron chi connectivity index (χ1n) is 17.4. The zero-order chi connectivity index (χ0) is 37.1. The molecule has 0 bridgehead atoms. The summed E-state index contributed by atoms with van der Waals surface area (Å²) < 4.78 is 40.9. The van der Waals surface area contributed by atoms with Crippen molar-refractivity contribution >= 4 is 49.5 Å². The molecule has 0 saturated carbocycles. The Hall–Kier alpha value is -5.17. The molecule has 53 heavy (non-hydrogen) atoms. The molecule has 2 N–H and O–H groups in total. The Balaban J connectivity index is 1.14. The highest BCUT2D eigenvalue weighted by Gasteiger charge is 2.46. The third-order valence-corrected chi connectivity index (χ3v) is 12.6. The number of amides is 2. The van der Waals surface area contributed by atoms with E-state index in [2.05, 4.69) is 22.7 Å². The van der Waals surface area contributed by atoms with Gasteiger partial charge in [-0.15, -0.1) is 6.58 Å². The Morgan fingerprint density at radius 2 is 1.72 bits per heavy atom. The zero-order valence-electron chi connectivity index (χ0n) is 29.4. The average molecular weight is 749 g/mol. The molecule has 272 valence electrons. The van der Waals surface area contributed by atoms with Crippen molar-refractivity contribution in [2.75, 3.05) is 25.5 Å². The number of anilines is 1. The zero-order valence-corrected chi connectivity index (χ0v) is 31.0. The molecule has 2 amide bonds. The monoisotopic (exact) mass is 748 g/mol. The summed E-state index contributed by atoms with van der Waals surface area (Å²) in [6.45, 7) is 6.21. The maximum Gasteiger partial charge on any atom is 0.282 e.